The molecule has 0 aliphatic carbocycles. The van der Waals surface area contributed by atoms with Crippen molar-refractivity contribution in [3.8, 4) is 0 Å². The molecule has 2 rings (SSSR count). The van der Waals surface area contributed by atoms with Crippen molar-refractivity contribution in [3.05, 3.63) is 24.5 Å². The Hall–Kier alpha value is -1.44. The van der Waals surface area contributed by atoms with Crippen molar-refractivity contribution in [1.82, 2.24) is 14.3 Å². The summed E-state index contributed by atoms with van der Waals surface area (Å²) < 4.78 is 25.8. The number of aliphatic hydroxyl groups is 1. The van der Waals surface area contributed by atoms with Crippen molar-refractivity contribution in [1.29, 1.82) is 0 Å². The second kappa shape index (κ2) is 4.68. The molecule has 0 bridgehead atoms. The number of H-pyrrole nitrogens is 1. The van der Waals surface area contributed by atoms with Crippen molar-refractivity contribution in [3.63, 3.8) is 0 Å². The summed E-state index contributed by atoms with van der Waals surface area (Å²) in [6.45, 7) is 1.60. The summed E-state index contributed by atoms with van der Waals surface area (Å²) in [6.07, 6.45) is 2.30. The Balaban J connectivity index is 2.47. The molecule has 6 nitrogen and oxygen atoms in total. The lowest BCUT2D eigenvalue weighted by molar-refractivity contribution is 0.171. The van der Waals surface area contributed by atoms with Gasteiger partial charge in [0.15, 0.2) is 0 Å². The predicted octanol–water partition coefficient (Wildman–Crippen LogP) is 0.564. The minimum atomic E-state index is -3.62. The Kier molecular flexibility index (Phi) is 3.38. The quantitative estimate of drug-likeness (QED) is 0.849. The van der Waals surface area contributed by atoms with Crippen LogP contribution in [0.4, 0.5) is 0 Å². The molecule has 0 spiro atoms. The predicted molar refractivity (Wildman–Crippen MR) is 67.6 cm³/mol. The molecule has 7 heteroatoms. The van der Waals surface area contributed by atoms with Crippen LogP contribution < -0.4 is 0 Å². The number of hydrogen-bond acceptors (Lipinski definition) is 4. The van der Waals surface area contributed by atoms with Crippen LogP contribution in [0.15, 0.2) is 29.4 Å². The van der Waals surface area contributed by atoms with E-state index >= 15 is 0 Å². The Morgan fingerprint density at radius 3 is 2.94 bits per heavy atom. The average molecular weight is 269 g/mol. The van der Waals surface area contributed by atoms with E-state index in [1.54, 1.807) is 25.3 Å². The topological polar surface area (TPSA) is 86.3 Å². The molecule has 2 N–H and O–H groups in total. The molecular weight excluding hydrogens is 254 g/mol. The lowest BCUT2D eigenvalue weighted by Crippen LogP contribution is -2.33. The van der Waals surface area contributed by atoms with Crippen LogP contribution in [0.2, 0.25) is 0 Å². The molecule has 2 aromatic rings. The van der Waals surface area contributed by atoms with Gasteiger partial charge in [-0.3, -0.25) is 0 Å². The van der Waals surface area contributed by atoms with Crippen LogP contribution >= 0.6 is 0 Å². The number of sulfonamides is 1. The van der Waals surface area contributed by atoms with Crippen molar-refractivity contribution in [2.24, 2.45) is 0 Å². The lowest BCUT2D eigenvalue weighted by Gasteiger charge is -2.17. The van der Waals surface area contributed by atoms with Crippen LogP contribution in [0.25, 0.3) is 11.0 Å². The van der Waals surface area contributed by atoms with Crippen LogP contribution in [0, 0.1) is 0 Å². The SMILES string of the molecule is CC(O)CN(C)S(=O)(=O)c1c[nH]c2ncccc12. The van der Waals surface area contributed by atoms with E-state index in [0.717, 1.165) is 4.31 Å². The lowest BCUT2D eigenvalue weighted by atomic mass is 10.3. The van der Waals surface area contributed by atoms with Crippen LogP contribution in [-0.2, 0) is 10.0 Å². The molecular formula is C11H15N3O3S. The molecule has 0 radical (unpaired) electrons. The first kappa shape index (κ1) is 13.0. The fraction of sp³-hybridized carbons (Fsp3) is 0.364. The number of aliphatic hydroxyl groups excluding tert-OH is 1. The third kappa shape index (κ3) is 2.24. The molecule has 18 heavy (non-hydrogen) atoms. The van der Waals surface area contributed by atoms with Crippen LogP contribution in [-0.4, -0.2) is 47.5 Å². The number of nitrogens with zero attached hydrogens (tertiary/aromatic N) is 2. The van der Waals surface area contributed by atoms with Gasteiger partial charge in [-0.05, 0) is 19.1 Å². The third-order valence-electron chi connectivity index (χ3n) is 2.62. The van der Waals surface area contributed by atoms with Gasteiger partial charge in [-0.2, -0.15) is 4.31 Å². The van der Waals surface area contributed by atoms with E-state index in [-0.39, 0.29) is 11.4 Å². The fourth-order valence-corrected chi connectivity index (χ4v) is 3.18. The van der Waals surface area contributed by atoms with E-state index in [1.807, 2.05) is 0 Å². The van der Waals surface area contributed by atoms with E-state index in [1.165, 1.54) is 13.2 Å². The number of pyridine rings is 1. The number of nitrogens with one attached hydrogen (secondary N) is 1. The number of likely N-dealkylation sites (N-methyl/N-ethyl adjacent to an activating group) is 1. The number of fused-ring (bicyclic) bond motifs is 1. The van der Waals surface area contributed by atoms with E-state index in [2.05, 4.69) is 9.97 Å². The first-order valence-electron chi connectivity index (χ1n) is 5.49. The molecule has 1 atom stereocenters. The van der Waals surface area contributed by atoms with Gasteiger partial charge in [-0.1, -0.05) is 0 Å². The maximum absolute atomic E-state index is 12.3. The van der Waals surface area contributed by atoms with Gasteiger partial charge in [-0.15, -0.1) is 0 Å². The van der Waals surface area contributed by atoms with Gasteiger partial charge in [0.05, 0.1) is 6.10 Å². The third-order valence-corrected chi connectivity index (χ3v) is 4.49. The van der Waals surface area contributed by atoms with Crippen LogP contribution in [0.1, 0.15) is 6.92 Å². The first-order valence-corrected chi connectivity index (χ1v) is 6.93. The highest BCUT2D eigenvalue weighted by Gasteiger charge is 2.25. The van der Waals surface area contributed by atoms with Gasteiger partial charge in [-0.25, -0.2) is 13.4 Å². The van der Waals surface area contributed by atoms with E-state index in [4.69, 9.17) is 0 Å². The van der Waals surface area contributed by atoms with Crippen LogP contribution in [0.3, 0.4) is 0 Å². The van der Waals surface area contributed by atoms with Gasteiger partial charge < -0.3 is 10.1 Å². The van der Waals surface area contributed by atoms with Gasteiger partial charge >= 0.3 is 0 Å². The molecule has 0 aliphatic rings. The van der Waals surface area contributed by atoms with Crippen molar-refractivity contribution >= 4 is 21.1 Å². The fourth-order valence-electron chi connectivity index (χ4n) is 1.78. The summed E-state index contributed by atoms with van der Waals surface area (Å²) in [5.74, 6) is 0. The summed E-state index contributed by atoms with van der Waals surface area (Å²) in [5, 5.41) is 9.82. The molecule has 2 aromatic heterocycles. The highest BCUT2D eigenvalue weighted by atomic mass is 32.2. The van der Waals surface area contributed by atoms with Gasteiger partial charge in [0.1, 0.15) is 10.5 Å². The van der Waals surface area contributed by atoms with Crippen molar-refractivity contribution in [2.45, 2.75) is 17.9 Å². The van der Waals surface area contributed by atoms with Gasteiger partial charge in [0.2, 0.25) is 10.0 Å². The Morgan fingerprint density at radius 1 is 1.56 bits per heavy atom. The zero-order chi connectivity index (χ0) is 13.3. The minimum absolute atomic E-state index is 0.0509. The zero-order valence-corrected chi connectivity index (χ0v) is 11.0. The van der Waals surface area contributed by atoms with Gasteiger partial charge in [0, 0.05) is 31.4 Å². The van der Waals surface area contributed by atoms with E-state index in [0.29, 0.717) is 11.0 Å². The van der Waals surface area contributed by atoms with Crippen molar-refractivity contribution < 1.29 is 13.5 Å². The molecule has 2 heterocycles. The monoisotopic (exact) mass is 269 g/mol. The average Bonchev–Trinajstić information content (AvgIpc) is 2.72. The van der Waals surface area contributed by atoms with E-state index in [9.17, 15) is 13.5 Å². The molecule has 0 aromatic carbocycles. The summed E-state index contributed by atoms with van der Waals surface area (Å²) >= 11 is 0. The highest BCUT2D eigenvalue weighted by molar-refractivity contribution is 7.89. The van der Waals surface area contributed by atoms with E-state index < -0.39 is 16.1 Å². The van der Waals surface area contributed by atoms with Gasteiger partial charge in [0.25, 0.3) is 0 Å². The molecule has 0 saturated heterocycles. The summed E-state index contributed by atoms with van der Waals surface area (Å²) in [4.78, 5) is 7.05. The standard InChI is InChI=1S/C11H15N3O3S/c1-8(15)7-14(2)18(16,17)10-6-13-11-9(10)4-3-5-12-11/h3-6,8,15H,7H2,1-2H3,(H,12,13). The molecule has 0 amide bonds. The Labute approximate surface area is 105 Å². The number of aromatic amines is 1. The number of rotatable bonds is 4. The largest absolute Gasteiger partial charge is 0.392 e. The number of hydrogen-bond donors (Lipinski definition) is 2. The zero-order valence-electron chi connectivity index (χ0n) is 10.2. The normalized spacial score (nSPS) is 14.2. The first-order chi connectivity index (χ1) is 8.43. The smallest absolute Gasteiger partial charge is 0.245 e. The van der Waals surface area contributed by atoms with Crippen molar-refractivity contribution in [2.75, 3.05) is 13.6 Å². The summed E-state index contributed by atoms with van der Waals surface area (Å²) in [5.41, 5.74) is 0.529. The van der Waals surface area contributed by atoms with Crippen LogP contribution in [0.5, 0.6) is 0 Å². The summed E-state index contributed by atoms with van der Waals surface area (Å²) in [7, 11) is -2.17. The maximum atomic E-state index is 12.3. The number of aromatic nitrogens is 2. The Morgan fingerprint density at radius 2 is 2.28 bits per heavy atom. The Bertz CT molecular complexity index is 648. The maximum Gasteiger partial charge on any atom is 0.245 e. The second-order valence-electron chi connectivity index (χ2n) is 4.19. The molecule has 98 valence electrons. The molecule has 0 aliphatic heterocycles. The second-order valence-corrected chi connectivity index (χ2v) is 6.20. The minimum Gasteiger partial charge on any atom is -0.392 e. The molecule has 1 unspecified atom stereocenters. The molecule has 0 saturated carbocycles. The highest BCUT2D eigenvalue weighted by Crippen LogP contribution is 2.23. The molecule has 0 fully saturated rings. The summed E-state index contributed by atoms with van der Waals surface area (Å²) in [6, 6.07) is 3.38.